The molecule has 10 heteroatoms. The summed E-state index contributed by atoms with van der Waals surface area (Å²) in [6, 6.07) is 0. The van der Waals surface area contributed by atoms with E-state index in [4.69, 9.17) is 5.73 Å². The minimum absolute atomic E-state index is 0.000968. The van der Waals surface area contributed by atoms with Crippen LogP contribution in [0.15, 0.2) is 4.90 Å². The van der Waals surface area contributed by atoms with Crippen molar-refractivity contribution in [2.24, 2.45) is 0 Å². The van der Waals surface area contributed by atoms with Gasteiger partial charge in [-0.3, -0.25) is 0 Å². The van der Waals surface area contributed by atoms with Gasteiger partial charge in [0.25, 0.3) is 0 Å². The predicted molar refractivity (Wildman–Crippen MR) is 79.7 cm³/mol. The summed E-state index contributed by atoms with van der Waals surface area (Å²) in [4.78, 5) is 1.81. The van der Waals surface area contributed by atoms with Gasteiger partial charge in [-0.2, -0.15) is 4.37 Å². The smallest absolute Gasteiger partial charge is 0.184 e. The second-order valence-corrected chi connectivity index (χ2v) is 9.87. The van der Waals surface area contributed by atoms with E-state index in [1.807, 2.05) is 0 Å². The van der Waals surface area contributed by atoms with Gasteiger partial charge in [-0.05, 0) is 18.0 Å². The first kappa shape index (κ1) is 15.5. The van der Waals surface area contributed by atoms with Gasteiger partial charge >= 0.3 is 0 Å². The number of sulfone groups is 2. The van der Waals surface area contributed by atoms with E-state index in [1.54, 1.807) is 11.8 Å². The van der Waals surface area contributed by atoms with Crippen LogP contribution in [0.3, 0.4) is 0 Å². The molecule has 1 aromatic heterocycles. The molecule has 1 aliphatic rings. The highest BCUT2D eigenvalue weighted by molar-refractivity contribution is 7.92. The van der Waals surface area contributed by atoms with Gasteiger partial charge in [-0.25, -0.2) is 16.8 Å². The maximum absolute atomic E-state index is 12.1. The molecule has 0 atom stereocenters. The van der Waals surface area contributed by atoms with Crippen LogP contribution in [0.4, 0.5) is 10.8 Å². The lowest BCUT2D eigenvalue weighted by Crippen LogP contribution is -2.27. The van der Waals surface area contributed by atoms with Crippen molar-refractivity contribution >= 4 is 42.0 Å². The zero-order chi connectivity index (χ0) is 15.0. The Morgan fingerprint density at radius 1 is 1.35 bits per heavy atom. The van der Waals surface area contributed by atoms with Gasteiger partial charge in [0.2, 0.25) is 0 Å². The Bertz CT molecular complexity index is 693. The van der Waals surface area contributed by atoms with Gasteiger partial charge in [-0.1, -0.05) is 6.92 Å². The third kappa shape index (κ3) is 3.07. The minimum atomic E-state index is -3.47. The van der Waals surface area contributed by atoms with Gasteiger partial charge in [0, 0.05) is 13.1 Å². The Labute approximate surface area is 122 Å². The van der Waals surface area contributed by atoms with E-state index in [-0.39, 0.29) is 34.5 Å². The third-order valence-electron chi connectivity index (χ3n) is 3.19. The average molecular weight is 339 g/mol. The molecule has 1 fully saturated rings. The standard InChI is InChI=1S/C10H17N3O4S3/c1-2-20(16,17)8-9(11)12-18-10(8)13-4-3-6-19(14,15)7-5-13/h2-7H2,1H3,(H2,11,12). The molecule has 2 N–H and O–H groups in total. The number of nitrogens with zero attached hydrogens (tertiary/aromatic N) is 2. The van der Waals surface area contributed by atoms with Crippen molar-refractivity contribution in [1.29, 1.82) is 0 Å². The van der Waals surface area contributed by atoms with Gasteiger partial charge in [0.1, 0.15) is 9.90 Å². The lowest BCUT2D eigenvalue weighted by Gasteiger charge is -2.20. The van der Waals surface area contributed by atoms with E-state index in [9.17, 15) is 16.8 Å². The van der Waals surface area contributed by atoms with E-state index in [2.05, 4.69) is 4.37 Å². The molecule has 0 amide bonds. The maximum Gasteiger partial charge on any atom is 0.184 e. The molecule has 0 unspecified atom stereocenters. The summed E-state index contributed by atoms with van der Waals surface area (Å²) in [5.74, 6) is 0.0951. The van der Waals surface area contributed by atoms with Crippen LogP contribution in [0.2, 0.25) is 0 Å². The highest BCUT2D eigenvalue weighted by Gasteiger charge is 2.29. The summed E-state index contributed by atoms with van der Waals surface area (Å²) in [6.45, 7) is 2.31. The van der Waals surface area contributed by atoms with Crippen molar-refractivity contribution in [2.45, 2.75) is 18.2 Å². The van der Waals surface area contributed by atoms with Crippen LogP contribution in [0.5, 0.6) is 0 Å². The van der Waals surface area contributed by atoms with E-state index in [0.29, 0.717) is 18.0 Å². The summed E-state index contributed by atoms with van der Waals surface area (Å²) in [5, 5.41) is 0.460. The largest absolute Gasteiger partial charge is 0.382 e. The van der Waals surface area contributed by atoms with E-state index >= 15 is 0 Å². The Morgan fingerprint density at radius 3 is 2.70 bits per heavy atom. The van der Waals surface area contributed by atoms with Crippen molar-refractivity contribution in [1.82, 2.24) is 4.37 Å². The quantitative estimate of drug-likeness (QED) is 0.834. The monoisotopic (exact) mass is 339 g/mol. The summed E-state index contributed by atoms with van der Waals surface area (Å²) in [7, 11) is -6.52. The van der Waals surface area contributed by atoms with E-state index in [0.717, 1.165) is 11.5 Å². The second-order valence-electron chi connectivity index (χ2n) is 4.60. The summed E-state index contributed by atoms with van der Waals surface area (Å²) < 4.78 is 51.3. The summed E-state index contributed by atoms with van der Waals surface area (Å²) in [6.07, 6.45) is 0.478. The molecule has 2 rings (SSSR count). The summed E-state index contributed by atoms with van der Waals surface area (Å²) in [5.41, 5.74) is 5.68. The van der Waals surface area contributed by atoms with Crippen LogP contribution in [-0.2, 0) is 19.7 Å². The zero-order valence-electron chi connectivity index (χ0n) is 11.1. The average Bonchev–Trinajstić information content (AvgIpc) is 2.66. The van der Waals surface area contributed by atoms with Crippen LogP contribution in [0.25, 0.3) is 0 Å². The molecule has 1 aliphatic heterocycles. The van der Waals surface area contributed by atoms with Crippen LogP contribution in [-0.4, -0.2) is 51.6 Å². The molecule has 114 valence electrons. The van der Waals surface area contributed by atoms with Crippen molar-refractivity contribution in [3.05, 3.63) is 0 Å². The molecule has 2 heterocycles. The fourth-order valence-electron chi connectivity index (χ4n) is 2.06. The fourth-order valence-corrected chi connectivity index (χ4v) is 5.70. The van der Waals surface area contributed by atoms with Crippen LogP contribution in [0, 0.1) is 0 Å². The molecule has 0 radical (unpaired) electrons. The first-order valence-electron chi connectivity index (χ1n) is 6.20. The first-order chi connectivity index (χ1) is 9.27. The van der Waals surface area contributed by atoms with Gasteiger partial charge < -0.3 is 10.6 Å². The molecule has 20 heavy (non-hydrogen) atoms. The number of aromatic nitrogens is 1. The second kappa shape index (κ2) is 5.49. The molecule has 0 aromatic carbocycles. The third-order valence-corrected chi connectivity index (χ3v) is 7.74. The molecular weight excluding hydrogens is 322 g/mol. The Morgan fingerprint density at radius 2 is 2.05 bits per heavy atom. The van der Waals surface area contributed by atoms with Crippen LogP contribution in [0.1, 0.15) is 13.3 Å². The Balaban J connectivity index is 2.40. The number of hydrogen-bond acceptors (Lipinski definition) is 8. The maximum atomic E-state index is 12.1. The van der Waals surface area contributed by atoms with E-state index in [1.165, 1.54) is 0 Å². The molecule has 0 bridgehead atoms. The SMILES string of the molecule is CCS(=O)(=O)c1c(N)nsc1N1CCCS(=O)(=O)CC1. The van der Waals surface area contributed by atoms with Crippen LogP contribution >= 0.6 is 11.5 Å². The molecular formula is C10H17N3O4S3. The highest BCUT2D eigenvalue weighted by Crippen LogP contribution is 2.35. The van der Waals surface area contributed by atoms with Gasteiger partial charge in [0.15, 0.2) is 25.5 Å². The first-order valence-corrected chi connectivity index (χ1v) is 10.4. The van der Waals surface area contributed by atoms with Gasteiger partial charge in [0.05, 0.1) is 17.3 Å². The topological polar surface area (TPSA) is 110 Å². The Hall–Kier alpha value is -0.870. The minimum Gasteiger partial charge on any atom is -0.382 e. The lowest BCUT2D eigenvalue weighted by molar-refractivity contribution is 0.596. The molecule has 1 saturated heterocycles. The van der Waals surface area contributed by atoms with Crippen molar-refractivity contribution in [3.8, 4) is 0 Å². The van der Waals surface area contributed by atoms with E-state index < -0.39 is 19.7 Å². The molecule has 0 spiro atoms. The van der Waals surface area contributed by atoms with Crippen molar-refractivity contribution in [3.63, 3.8) is 0 Å². The Kier molecular flexibility index (Phi) is 4.26. The molecule has 0 aliphatic carbocycles. The van der Waals surface area contributed by atoms with Gasteiger partial charge in [-0.15, -0.1) is 0 Å². The van der Waals surface area contributed by atoms with Crippen LogP contribution < -0.4 is 10.6 Å². The molecule has 7 nitrogen and oxygen atoms in total. The number of nitrogen functional groups attached to an aromatic ring is 1. The molecule has 0 saturated carbocycles. The number of nitrogens with two attached hydrogens (primary N) is 1. The number of rotatable bonds is 3. The highest BCUT2D eigenvalue weighted by atomic mass is 32.2. The summed E-state index contributed by atoms with van der Waals surface area (Å²) >= 11 is 1.01. The normalized spacial score (nSPS) is 19.8. The predicted octanol–water partition coefficient (Wildman–Crippen LogP) is 0.144. The number of anilines is 2. The van der Waals surface area contributed by atoms with Crippen molar-refractivity contribution < 1.29 is 16.8 Å². The van der Waals surface area contributed by atoms with Crippen molar-refractivity contribution in [2.75, 3.05) is 41.0 Å². The fraction of sp³-hybridized carbons (Fsp3) is 0.700. The lowest BCUT2D eigenvalue weighted by atomic mass is 10.4. The molecule has 1 aromatic rings. The zero-order valence-corrected chi connectivity index (χ0v) is 13.5. The number of hydrogen-bond donors (Lipinski definition) is 1.